The van der Waals surface area contributed by atoms with Crippen LogP contribution in [-0.2, 0) is 23.9 Å². The monoisotopic (exact) mass is 258 g/mol. The van der Waals surface area contributed by atoms with Crippen molar-refractivity contribution in [2.45, 2.75) is 26.1 Å². The van der Waals surface area contributed by atoms with Gasteiger partial charge in [0.15, 0.2) is 0 Å². The maximum absolute atomic E-state index is 11.6. The highest BCUT2D eigenvalue weighted by Crippen LogP contribution is 2.13. The van der Waals surface area contributed by atoms with Crippen LogP contribution in [0.5, 0.6) is 0 Å². The van der Waals surface area contributed by atoms with Crippen LogP contribution < -0.4 is 0 Å². The number of amides is 1. The molecule has 0 unspecified atom stereocenters. The molecule has 0 saturated heterocycles. The summed E-state index contributed by atoms with van der Waals surface area (Å²) < 4.78 is 9.40. The van der Waals surface area contributed by atoms with Crippen molar-refractivity contribution in [3.63, 3.8) is 0 Å². The summed E-state index contributed by atoms with van der Waals surface area (Å²) in [6, 6.07) is 0. The van der Waals surface area contributed by atoms with E-state index in [-0.39, 0.29) is 12.3 Å². The lowest BCUT2D eigenvalue weighted by molar-refractivity contribution is -0.164. The average Bonchev–Trinajstić information content (AvgIpc) is 2.27. The minimum Gasteiger partial charge on any atom is -0.460 e. The molecule has 8 nitrogen and oxygen atoms in total. The third kappa shape index (κ3) is 3.27. The fraction of sp³-hybridized carbons (Fsp3) is 0.600. The van der Waals surface area contributed by atoms with Crippen molar-refractivity contribution in [2.24, 2.45) is 5.10 Å². The van der Waals surface area contributed by atoms with Crippen molar-refractivity contribution in [1.82, 2.24) is 5.01 Å². The van der Waals surface area contributed by atoms with Crippen molar-refractivity contribution in [3.05, 3.63) is 0 Å². The van der Waals surface area contributed by atoms with Gasteiger partial charge < -0.3 is 14.6 Å². The van der Waals surface area contributed by atoms with E-state index in [0.717, 1.165) is 11.9 Å². The fourth-order valence-corrected chi connectivity index (χ4v) is 1.38. The molecule has 18 heavy (non-hydrogen) atoms. The third-order valence-electron chi connectivity index (χ3n) is 2.19. The Kier molecular flexibility index (Phi) is 4.38. The number of likely N-dealkylation sites (N-methyl/N-ethyl adjacent to an activating group) is 1. The van der Waals surface area contributed by atoms with E-state index in [1.165, 1.54) is 14.0 Å². The minimum atomic E-state index is -1.42. The van der Waals surface area contributed by atoms with Crippen LogP contribution in [0.3, 0.4) is 0 Å². The summed E-state index contributed by atoms with van der Waals surface area (Å²) in [5, 5.41) is 14.5. The van der Waals surface area contributed by atoms with Crippen molar-refractivity contribution in [2.75, 3.05) is 13.7 Å². The van der Waals surface area contributed by atoms with Crippen molar-refractivity contribution in [3.8, 4) is 0 Å². The van der Waals surface area contributed by atoms with E-state index >= 15 is 0 Å². The summed E-state index contributed by atoms with van der Waals surface area (Å²) >= 11 is 0. The summed E-state index contributed by atoms with van der Waals surface area (Å²) in [6.07, 6.45) is -2.78. The maximum atomic E-state index is 11.6. The SMILES string of the molecule is CC(=O)OCC1=NN(C)C(=O)[C@@H](OC(C)=O)[C@@H]1O. The van der Waals surface area contributed by atoms with Crippen molar-refractivity contribution >= 4 is 23.6 Å². The van der Waals surface area contributed by atoms with E-state index in [1.807, 2.05) is 0 Å². The molecule has 1 N–H and O–H groups in total. The van der Waals surface area contributed by atoms with Crippen molar-refractivity contribution in [1.29, 1.82) is 0 Å². The van der Waals surface area contributed by atoms with Gasteiger partial charge in [-0.3, -0.25) is 14.4 Å². The van der Waals surface area contributed by atoms with Gasteiger partial charge in [0.25, 0.3) is 5.91 Å². The number of aliphatic hydroxyl groups is 1. The minimum absolute atomic E-state index is 0.0403. The van der Waals surface area contributed by atoms with E-state index in [0.29, 0.717) is 0 Å². The second-order valence-electron chi connectivity index (χ2n) is 3.71. The van der Waals surface area contributed by atoms with E-state index < -0.39 is 30.1 Å². The number of hydrogen-bond acceptors (Lipinski definition) is 7. The first-order chi connectivity index (χ1) is 8.32. The summed E-state index contributed by atoms with van der Waals surface area (Å²) in [5.74, 6) is -1.90. The van der Waals surface area contributed by atoms with E-state index in [2.05, 4.69) is 9.84 Å². The number of nitrogens with zero attached hydrogens (tertiary/aromatic N) is 2. The lowest BCUT2D eigenvalue weighted by Crippen LogP contribution is -2.53. The van der Waals surface area contributed by atoms with Crippen LogP contribution in [0.25, 0.3) is 0 Å². The summed E-state index contributed by atoms with van der Waals surface area (Å²) in [6.45, 7) is 2.05. The number of aliphatic hydroxyl groups excluding tert-OH is 1. The molecule has 1 amide bonds. The average molecular weight is 258 g/mol. The highest BCUT2D eigenvalue weighted by atomic mass is 16.6. The number of carbonyl (C=O) groups is 3. The second kappa shape index (κ2) is 5.58. The van der Waals surface area contributed by atoms with Gasteiger partial charge in [-0.1, -0.05) is 0 Å². The fourth-order valence-electron chi connectivity index (χ4n) is 1.38. The van der Waals surface area contributed by atoms with Crippen LogP contribution in [0, 0.1) is 0 Å². The molecule has 0 radical (unpaired) electrons. The maximum Gasteiger partial charge on any atom is 0.303 e. The Hall–Kier alpha value is -1.96. The zero-order valence-corrected chi connectivity index (χ0v) is 10.2. The molecule has 0 aliphatic carbocycles. The molecular formula is C10H14N2O6. The zero-order chi connectivity index (χ0) is 13.9. The molecule has 0 aromatic rings. The highest BCUT2D eigenvalue weighted by Gasteiger charge is 2.40. The third-order valence-corrected chi connectivity index (χ3v) is 2.19. The lowest BCUT2D eigenvalue weighted by Gasteiger charge is -2.30. The number of hydrogen-bond donors (Lipinski definition) is 1. The number of carbonyl (C=O) groups excluding carboxylic acids is 3. The van der Waals surface area contributed by atoms with Crippen LogP contribution in [-0.4, -0.2) is 59.5 Å². The van der Waals surface area contributed by atoms with Gasteiger partial charge in [0.2, 0.25) is 6.10 Å². The molecule has 1 aliphatic heterocycles. The highest BCUT2D eigenvalue weighted by molar-refractivity contribution is 6.00. The molecule has 0 aromatic heterocycles. The van der Waals surface area contributed by atoms with Crippen LogP contribution >= 0.6 is 0 Å². The predicted octanol–water partition coefficient (Wildman–Crippen LogP) is -1.33. The molecule has 0 bridgehead atoms. The molecule has 2 atom stereocenters. The Bertz CT molecular complexity index is 405. The van der Waals surface area contributed by atoms with Crippen molar-refractivity contribution < 1.29 is 29.0 Å². The first-order valence-electron chi connectivity index (χ1n) is 5.16. The van der Waals surface area contributed by atoms with Gasteiger partial charge in [0.05, 0.1) is 0 Å². The largest absolute Gasteiger partial charge is 0.460 e. The molecule has 0 spiro atoms. The molecule has 1 rings (SSSR count). The first-order valence-corrected chi connectivity index (χ1v) is 5.16. The molecule has 0 aromatic carbocycles. The molecule has 1 aliphatic rings. The van der Waals surface area contributed by atoms with E-state index in [1.54, 1.807) is 0 Å². The smallest absolute Gasteiger partial charge is 0.303 e. The topological polar surface area (TPSA) is 106 Å². The molecule has 0 fully saturated rings. The normalized spacial score (nSPS) is 23.4. The Morgan fingerprint density at radius 3 is 2.50 bits per heavy atom. The van der Waals surface area contributed by atoms with E-state index in [9.17, 15) is 19.5 Å². The molecular weight excluding hydrogens is 244 g/mol. The van der Waals surface area contributed by atoms with Crippen LogP contribution in [0.15, 0.2) is 5.10 Å². The molecule has 8 heteroatoms. The number of rotatable bonds is 3. The molecule has 100 valence electrons. The summed E-state index contributed by atoms with van der Waals surface area (Å²) in [7, 11) is 1.35. The Balaban J connectivity index is 2.85. The van der Waals surface area contributed by atoms with Crippen LogP contribution in [0.1, 0.15) is 13.8 Å². The standard InChI is InChI=1S/C10H14N2O6/c1-5(13)17-4-7-8(15)9(18-6(2)14)10(16)12(3)11-7/h8-9,15H,4H2,1-3H3/t8-,9+/m1/s1. The molecule has 0 saturated carbocycles. The van der Waals surface area contributed by atoms with Gasteiger partial charge in [-0.15, -0.1) is 0 Å². The second-order valence-corrected chi connectivity index (χ2v) is 3.71. The summed E-state index contributed by atoms with van der Waals surface area (Å²) in [5.41, 5.74) is 0.0403. The van der Waals surface area contributed by atoms with Gasteiger partial charge in [-0.25, -0.2) is 5.01 Å². The predicted molar refractivity (Wildman–Crippen MR) is 58.4 cm³/mol. The van der Waals surface area contributed by atoms with Crippen LogP contribution in [0.4, 0.5) is 0 Å². The van der Waals surface area contributed by atoms with Gasteiger partial charge >= 0.3 is 11.9 Å². The van der Waals surface area contributed by atoms with E-state index in [4.69, 9.17) is 4.74 Å². The lowest BCUT2D eigenvalue weighted by atomic mass is 10.1. The Morgan fingerprint density at radius 2 is 2.00 bits per heavy atom. The first kappa shape index (κ1) is 14.1. The van der Waals surface area contributed by atoms with Gasteiger partial charge in [-0.2, -0.15) is 5.10 Å². The molecule has 1 heterocycles. The quantitative estimate of drug-likeness (QED) is 0.629. The van der Waals surface area contributed by atoms with Crippen LogP contribution in [0.2, 0.25) is 0 Å². The zero-order valence-electron chi connectivity index (χ0n) is 10.2. The summed E-state index contributed by atoms with van der Waals surface area (Å²) in [4.78, 5) is 33.2. The number of ether oxygens (including phenoxy) is 2. The number of hydrazone groups is 1. The van der Waals surface area contributed by atoms with Gasteiger partial charge in [0.1, 0.15) is 18.4 Å². The number of esters is 2. The Morgan fingerprint density at radius 1 is 1.39 bits per heavy atom. The Labute approximate surface area is 103 Å². The van der Waals surface area contributed by atoms with Gasteiger partial charge in [0, 0.05) is 20.9 Å². The van der Waals surface area contributed by atoms with Gasteiger partial charge in [-0.05, 0) is 0 Å².